The Morgan fingerprint density at radius 2 is 1.74 bits per heavy atom. The number of ether oxygens (including phenoxy) is 2. The third kappa shape index (κ3) is 10.9. The topological polar surface area (TPSA) is 54.3 Å². The molecule has 0 saturated carbocycles. The molecule has 0 spiro atoms. The Morgan fingerprint density at radius 1 is 1.05 bits per heavy atom. The molecule has 0 aromatic rings. The smallest absolute Gasteiger partial charge is 0.103 e. The standard InChI is InChI=1S/C15H30N2O2/c1-6-17-15(5,13-16)9-7-8-10-18-11-12-19-14(2,3)4/h17H,6-12H2,1-5H3. The Bertz CT molecular complexity index is 268. The zero-order chi connectivity index (χ0) is 14.8. The highest BCUT2D eigenvalue weighted by Crippen LogP contribution is 2.12. The summed E-state index contributed by atoms with van der Waals surface area (Å²) in [6, 6.07) is 2.34. The second kappa shape index (κ2) is 9.30. The van der Waals surface area contributed by atoms with Crippen molar-refractivity contribution in [1.82, 2.24) is 5.32 Å². The Kier molecular flexibility index (Phi) is 8.99. The van der Waals surface area contributed by atoms with Crippen LogP contribution in [0.25, 0.3) is 0 Å². The molecule has 0 heterocycles. The Hall–Kier alpha value is -0.630. The number of hydrogen-bond donors (Lipinski definition) is 1. The number of nitrogens with zero attached hydrogens (tertiary/aromatic N) is 1. The minimum Gasteiger partial charge on any atom is -0.379 e. The molecule has 112 valence electrons. The van der Waals surface area contributed by atoms with E-state index in [2.05, 4.69) is 11.4 Å². The Labute approximate surface area is 118 Å². The van der Waals surface area contributed by atoms with E-state index in [-0.39, 0.29) is 5.60 Å². The summed E-state index contributed by atoms with van der Waals surface area (Å²) in [5.41, 5.74) is -0.492. The lowest BCUT2D eigenvalue weighted by molar-refractivity contribution is -0.0352. The van der Waals surface area contributed by atoms with Gasteiger partial charge in [-0.2, -0.15) is 5.26 Å². The van der Waals surface area contributed by atoms with Gasteiger partial charge in [-0.1, -0.05) is 6.92 Å². The van der Waals surface area contributed by atoms with Gasteiger partial charge >= 0.3 is 0 Å². The van der Waals surface area contributed by atoms with Gasteiger partial charge < -0.3 is 9.47 Å². The zero-order valence-electron chi connectivity index (χ0n) is 13.2. The molecular weight excluding hydrogens is 240 g/mol. The maximum atomic E-state index is 9.10. The van der Waals surface area contributed by atoms with Gasteiger partial charge in [0.05, 0.1) is 24.9 Å². The summed E-state index contributed by atoms with van der Waals surface area (Å²) in [6.45, 7) is 12.9. The van der Waals surface area contributed by atoms with Gasteiger partial charge in [0.25, 0.3) is 0 Å². The maximum absolute atomic E-state index is 9.10. The molecule has 0 fully saturated rings. The minimum absolute atomic E-state index is 0.0935. The summed E-state index contributed by atoms with van der Waals surface area (Å²) in [6.07, 6.45) is 2.84. The van der Waals surface area contributed by atoms with E-state index >= 15 is 0 Å². The molecule has 0 aromatic heterocycles. The molecule has 0 aromatic carbocycles. The van der Waals surface area contributed by atoms with Crippen LogP contribution in [0.4, 0.5) is 0 Å². The fourth-order valence-electron chi connectivity index (χ4n) is 1.77. The summed E-state index contributed by atoms with van der Waals surface area (Å²) in [7, 11) is 0. The summed E-state index contributed by atoms with van der Waals surface area (Å²) >= 11 is 0. The third-order valence-corrected chi connectivity index (χ3v) is 2.79. The van der Waals surface area contributed by atoms with Crippen molar-refractivity contribution in [3.8, 4) is 6.07 Å². The molecule has 0 aliphatic heterocycles. The summed E-state index contributed by atoms with van der Waals surface area (Å²) < 4.78 is 11.1. The summed E-state index contributed by atoms with van der Waals surface area (Å²) in [5, 5.41) is 12.3. The number of nitriles is 1. The van der Waals surface area contributed by atoms with Gasteiger partial charge in [0.2, 0.25) is 0 Å². The first kappa shape index (κ1) is 18.4. The van der Waals surface area contributed by atoms with E-state index in [0.717, 1.165) is 32.4 Å². The molecule has 1 N–H and O–H groups in total. The molecule has 0 rings (SSSR count). The van der Waals surface area contributed by atoms with Gasteiger partial charge in [-0.25, -0.2) is 0 Å². The van der Waals surface area contributed by atoms with Gasteiger partial charge in [-0.15, -0.1) is 0 Å². The first-order valence-corrected chi connectivity index (χ1v) is 7.21. The van der Waals surface area contributed by atoms with Crippen molar-refractivity contribution in [3.05, 3.63) is 0 Å². The quantitative estimate of drug-likeness (QED) is 0.620. The molecular formula is C15H30N2O2. The molecule has 0 saturated heterocycles. The normalized spacial score (nSPS) is 14.9. The van der Waals surface area contributed by atoms with Crippen molar-refractivity contribution in [2.45, 2.75) is 65.0 Å². The highest BCUT2D eigenvalue weighted by atomic mass is 16.5. The van der Waals surface area contributed by atoms with E-state index in [9.17, 15) is 0 Å². The van der Waals surface area contributed by atoms with Crippen molar-refractivity contribution in [1.29, 1.82) is 5.26 Å². The molecule has 1 unspecified atom stereocenters. The van der Waals surface area contributed by atoms with E-state index in [1.807, 2.05) is 34.6 Å². The van der Waals surface area contributed by atoms with Crippen LogP contribution in [-0.2, 0) is 9.47 Å². The highest BCUT2D eigenvalue weighted by Gasteiger charge is 2.20. The molecule has 0 aliphatic carbocycles. The van der Waals surface area contributed by atoms with Crippen LogP contribution in [0.5, 0.6) is 0 Å². The van der Waals surface area contributed by atoms with E-state index < -0.39 is 5.54 Å². The van der Waals surface area contributed by atoms with Gasteiger partial charge in [-0.3, -0.25) is 5.32 Å². The fraction of sp³-hybridized carbons (Fsp3) is 0.933. The molecule has 19 heavy (non-hydrogen) atoms. The van der Waals surface area contributed by atoms with E-state index in [1.165, 1.54) is 0 Å². The molecule has 0 aliphatic rings. The first-order valence-electron chi connectivity index (χ1n) is 7.21. The van der Waals surface area contributed by atoms with Gasteiger partial charge in [-0.05, 0) is 53.5 Å². The zero-order valence-corrected chi connectivity index (χ0v) is 13.2. The van der Waals surface area contributed by atoms with Gasteiger partial charge in [0.15, 0.2) is 0 Å². The SMILES string of the molecule is CCNC(C)(C#N)CCCCOCCOC(C)(C)C. The van der Waals surface area contributed by atoms with E-state index in [4.69, 9.17) is 14.7 Å². The highest BCUT2D eigenvalue weighted by molar-refractivity contribution is 5.03. The predicted octanol–water partition coefficient (Wildman–Crippen LogP) is 2.88. The average molecular weight is 270 g/mol. The van der Waals surface area contributed by atoms with Crippen molar-refractivity contribution in [2.24, 2.45) is 0 Å². The van der Waals surface area contributed by atoms with Gasteiger partial charge in [0.1, 0.15) is 5.54 Å². The molecule has 4 heteroatoms. The molecule has 0 radical (unpaired) electrons. The van der Waals surface area contributed by atoms with Crippen molar-refractivity contribution in [3.63, 3.8) is 0 Å². The number of rotatable bonds is 10. The fourth-order valence-corrected chi connectivity index (χ4v) is 1.77. The second-order valence-electron chi connectivity index (χ2n) is 6.00. The second-order valence-corrected chi connectivity index (χ2v) is 6.00. The summed E-state index contributed by atoms with van der Waals surface area (Å²) in [5.74, 6) is 0. The van der Waals surface area contributed by atoms with Crippen LogP contribution in [0.1, 0.15) is 53.9 Å². The molecule has 0 amide bonds. The van der Waals surface area contributed by atoms with E-state index in [0.29, 0.717) is 13.2 Å². The van der Waals surface area contributed by atoms with Crippen molar-refractivity contribution >= 4 is 0 Å². The monoisotopic (exact) mass is 270 g/mol. The summed E-state index contributed by atoms with van der Waals surface area (Å²) in [4.78, 5) is 0. The van der Waals surface area contributed by atoms with E-state index in [1.54, 1.807) is 0 Å². The van der Waals surface area contributed by atoms with Gasteiger partial charge in [0, 0.05) is 6.61 Å². The van der Waals surface area contributed by atoms with Crippen molar-refractivity contribution in [2.75, 3.05) is 26.4 Å². The Balaban J connectivity index is 3.48. The number of unbranched alkanes of at least 4 members (excludes halogenated alkanes) is 1. The lowest BCUT2D eigenvalue weighted by atomic mass is 9.97. The maximum Gasteiger partial charge on any atom is 0.103 e. The Morgan fingerprint density at radius 3 is 2.26 bits per heavy atom. The van der Waals surface area contributed by atoms with Crippen LogP contribution in [0.15, 0.2) is 0 Å². The van der Waals surface area contributed by atoms with Crippen LogP contribution in [0.3, 0.4) is 0 Å². The number of nitrogens with one attached hydrogen (secondary N) is 1. The van der Waals surface area contributed by atoms with Crippen LogP contribution in [0, 0.1) is 11.3 Å². The number of hydrogen-bond acceptors (Lipinski definition) is 4. The lowest BCUT2D eigenvalue weighted by Crippen LogP contribution is -2.40. The average Bonchev–Trinajstić information content (AvgIpc) is 2.31. The van der Waals surface area contributed by atoms with Crippen LogP contribution < -0.4 is 5.32 Å². The third-order valence-electron chi connectivity index (χ3n) is 2.79. The predicted molar refractivity (Wildman–Crippen MR) is 78.1 cm³/mol. The van der Waals surface area contributed by atoms with Crippen LogP contribution in [0.2, 0.25) is 0 Å². The molecule has 1 atom stereocenters. The largest absolute Gasteiger partial charge is 0.379 e. The first-order chi connectivity index (χ1) is 8.83. The molecule has 0 bridgehead atoms. The molecule has 4 nitrogen and oxygen atoms in total. The van der Waals surface area contributed by atoms with Crippen LogP contribution in [-0.4, -0.2) is 37.5 Å². The van der Waals surface area contributed by atoms with Crippen molar-refractivity contribution < 1.29 is 9.47 Å². The lowest BCUT2D eigenvalue weighted by Gasteiger charge is -2.22. The minimum atomic E-state index is -0.399. The van der Waals surface area contributed by atoms with Crippen LogP contribution >= 0.6 is 0 Å².